The fourth-order valence-corrected chi connectivity index (χ4v) is 0.202. The lowest BCUT2D eigenvalue weighted by Gasteiger charge is -1.87. The molecule has 0 bridgehead atoms. The smallest absolute Gasteiger partial charge is 0.310 e. The van der Waals surface area contributed by atoms with Crippen LogP contribution in [-0.2, 0) is 19.1 Å². The first kappa shape index (κ1) is 12.3. The van der Waals surface area contributed by atoms with Gasteiger partial charge < -0.3 is 4.74 Å². The highest BCUT2D eigenvalue weighted by Gasteiger charge is 1.93. The molecule has 0 aliphatic heterocycles. The van der Waals surface area contributed by atoms with Crippen molar-refractivity contribution < 1.29 is 24.3 Å². The number of hydrogen-bond acceptors (Lipinski definition) is 5. The Balaban J connectivity index is 0. The van der Waals surface area contributed by atoms with E-state index in [0.29, 0.717) is 0 Å². The van der Waals surface area contributed by atoms with Crippen LogP contribution in [0.1, 0.15) is 13.8 Å². The number of rotatable bonds is 1. The fourth-order valence-electron chi connectivity index (χ4n) is 0.202. The second-order valence-electron chi connectivity index (χ2n) is 1.33. The Hall–Kier alpha value is -1.43. The molecule has 11 heavy (non-hydrogen) atoms. The average Bonchev–Trinajstić information content (AvgIpc) is 1.85. The van der Waals surface area contributed by atoms with Gasteiger partial charge >= 0.3 is 11.9 Å². The van der Waals surface area contributed by atoms with Gasteiger partial charge in [0.1, 0.15) is 0 Å². The maximum atomic E-state index is 9.81. The monoisotopic (exact) mass is 163 g/mol. The van der Waals surface area contributed by atoms with Crippen molar-refractivity contribution in [1.29, 1.82) is 0 Å². The molecule has 0 saturated heterocycles. The largest absolute Gasteiger partial charge is 0.394 e. The van der Waals surface area contributed by atoms with Crippen LogP contribution in [0.4, 0.5) is 0 Å². The molecule has 0 spiro atoms. The third kappa shape index (κ3) is 29.0. The molecular weight excluding hydrogens is 154 g/mol. The summed E-state index contributed by atoms with van der Waals surface area (Å²) < 4.78 is 3.97. The molecule has 0 unspecified atom stereocenters. The topological polar surface area (TPSA) is 92.7 Å². The van der Waals surface area contributed by atoms with E-state index in [-0.39, 0.29) is 6.41 Å². The Morgan fingerprint density at radius 2 is 1.64 bits per heavy atom. The lowest BCUT2D eigenvalue weighted by Crippen LogP contribution is -2.03. The molecule has 0 saturated carbocycles. The number of nitrogens with one attached hydrogen (secondary N) is 1. The molecule has 64 valence electrons. The number of hydroxylamine groups is 1. The van der Waals surface area contributed by atoms with E-state index < -0.39 is 11.9 Å². The van der Waals surface area contributed by atoms with E-state index in [0.717, 1.165) is 0 Å². The van der Waals surface area contributed by atoms with Crippen LogP contribution in [0.2, 0.25) is 0 Å². The summed E-state index contributed by atoms with van der Waals surface area (Å²) in [5.41, 5.74) is 1.25. The summed E-state index contributed by atoms with van der Waals surface area (Å²) in [7, 11) is 0. The lowest BCUT2D eigenvalue weighted by atomic mass is 10.7. The maximum absolute atomic E-state index is 9.81. The number of carbonyl (C=O) groups excluding carboxylic acids is 3. The minimum Gasteiger partial charge on any atom is -0.394 e. The third-order valence-corrected chi connectivity index (χ3v) is 0.340. The molecule has 0 heterocycles. The molecule has 1 amide bonds. The van der Waals surface area contributed by atoms with Crippen LogP contribution in [0.5, 0.6) is 0 Å². The van der Waals surface area contributed by atoms with Gasteiger partial charge in [0.05, 0.1) is 0 Å². The first-order valence-electron chi connectivity index (χ1n) is 2.56. The van der Waals surface area contributed by atoms with E-state index in [2.05, 4.69) is 4.74 Å². The number of esters is 2. The summed E-state index contributed by atoms with van der Waals surface area (Å²) >= 11 is 0. The van der Waals surface area contributed by atoms with Crippen molar-refractivity contribution in [3.63, 3.8) is 0 Å². The first-order chi connectivity index (χ1) is 5.04. The van der Waals surface area contributed by atoms with Crippen LogP contribution in [0, 0.1) is 0 Å². The summed E-state index contributed by atoms with van der Waals surface area (Å²) in [6.45, 7) is 2.36. The van der Waals surface area contributed by atoms with E-state index in [1.807, 2.05) is 0 Å². The number of amides is 1. The number of hydrogen-bond donors (Lipinski definition) is 2. The van der Waals surface area contributed by atoms with Gasteiger partial charge in [0.15, 0.2) is 0 Å². The third-order valence-electron chi connectivity index (χ3n) is 0.340. The number of ether oxygens (including phenoxy) is 1. The Labute approximate surface area is 63.1 Å². The van der Waals surface area contributed by atoms with Gasteiger partial charge in [-0.3, -0.25) is 19.6 Å². The van der Waals surface area contributed by atoms with Gasteiger partial charge in [-0.2, -0.15) is 0 Å². The van der Waals surface area contributed by atoms with Gasteiger partial charge in [-0.1, -0.05) is 0 Å². The molecule has 0 atom stereocenters. The van der Waals surface area contributed by atoms with Crippen LogP contribution in [0.25, 0.3) is 0 Å². The minimum atomic E-state index is -0.562. The molecule has 0 aliphatic carbocycles. The highest BCUT2D eigenvalue weighted by molar-refractivity contribution is 5.82. The second-order valence-corrected chi connectivity index (χ2v) is 1.33. The average molecular weight is 163 g/mol. The molecule has 0 aliphatic rings. The Bertz CT molecular complexity index is 132. The van der Waals surface area contributed by atoms with Crippen LogP contribution in [-0.4, -0.2) is 23.6 Å². The van der Waals surface area contributed by atoms with Crippen LogP contribution in [0.15, 0.2) is 0 Å². The molecule has 0 fully saturated rings. The highest BCUT2D eigenvalue weighted by Crippen LogP contribution is 1.73. The van der Waals surface area contributed by atoms with E-state index in [4.69, 9.17) is 10.0 Å². The van der Waals surface area contributed by atoms with Gasteiger partial charge in [-0.25, -0.2) is 5.48 Å². The van der Waals surface area contributed by atoms with Crippen molar-refractivity contribution >= 4 is 18.3 Å². The predicted octanol–water partition coefficient (Wildman–Crippen LogP) is -0.782. The van der Waals surface area contributed by atoms with Crippen molar-refractivity contribution in [2.24, 2.45) is 0 Å². The van der Waals surface area contributed by atoms with Crippen molar-refractivity contribution in [3.8, 4) is 0 Å². The van der Waals surface area contributed by atoms with Crippen molar-refractivity contribution in [2.45, 2.75) is 13.8 Å². The molecule has 6 heteroatoms. The van der Waals surface area contributed by atoms with E-state index in [1.54, 1.807) is 0 Å². The van der Waals surface area contributed by atoms with Gasteiger partial charge in [0.25, 0.3) is 0 Å². The number of carbonyl (C=O) groups is 3. The molecule has 0 aromatic carbocycles. The zero-order valence-electron chi connectivity index (χ0n) is 6.16. The summed E-state index contributed by atoms with van der Waals surface area (Å²) in [6.07, 6.45) is 0.181. The van der Waals surface area contributed by atoms with Gasteiger partial charge in [-0.05, 0) is 0 Å². The highest BCUT2D eigenvalue weighted by atomic mass is 16.6. The van der Waals surface area contributed by atoms with E-state index in [9.17, 15) is 9.59 Å². The Kier molecular flexibility index (Phi) is 9.56. The molecule has 2 N–H and O–H groups in total. The van der Waals surface area contributed by atoms with Gasteiger partial charge in [-0.15, -0.1) is 0 Å². The summed E-state index contributed by atoms with van der Waals surface area (Å²) in [6, 6.07) is 0. The Morgan fingerprint density at radius 1 is 1.36 bits per heavy atom. The molecule has 6 nitrogen and oxygen atoms in total. The molecular formula is C5H9NO5. The fraction of sp³-hybridized carbons (Fsp3) is 0.400. The summed E-state index contributed by atoms with van der Waals surface area (Å²) in [5, 5.41) is 7.26. The first-order valence-corrected chi connectivity index (χ1v) is 2.56. The molecule has 0 aromatic heterocycles. The van der Waals surface area contributed by atoms with E-state index in [1.165, 1.54) is 19.3 Å². The predicted molar refractivity (Wildman–Crippen MR) is 33.4 cm³/mol. The molecule has 0 radical (unpaired) electrons. The van der Waals surface area contributed by atoms with Crippen molar-refractivity contribution in [3.05, 3.63) is 0 Å². The zero-order chi connectivity index (χ0) is 9.28. The van der Waals surface area contributed by atoms with Crippen molar-refractivity contribution in [1.82, 2.24) is 5.48 Å². The van der Waals surface area contributed by atoms with E-state index >= 15 is 0 Å². The lowest BCUT2D eigenvalue weighted by molar-refractivity contribution is -0.156. The minimum absolute atomic E-state index is 0.181. The van der Waals surface area contributed by atoms with Crippen LogP contribution < -0.4 is 5.48 Å². The van der Waals surface area contributed by atoms with Gasteiger partial charge in [0.2, 0.25) is 6.41 Å². The normalized spacial score (nSPS) is 6.82. The van der Waals surface area contributed by atoms with Crippen LogP contribution in [0.3, 0.4) is 0 Å². The van der Waals surface area contributed by atoms with Crippen LogP contribution >= 0.6 is 0 Å². The molecule has 0 aromatic rings. The summed E-state index contributed by atoms with van der Waals surface area (Å²) in [5.74, 6) is -1.12. The second kappa shape index (κ2) is 8.57. The maximum Gasteiger partial charge on any atom is 0.310 e. The molecule has 0 rings (SSSR count). The quantitative estimate of drug-likeness (QED) is 0.174. The van der Waals surface area contributed by atoms with Gasteiger partial charge in [0, 0.05) is 13.8 Å². The SMILES string of the molecule is CC(=O)OC(C)=O.O=CNO. The standard InChI is InChI=1S/C4H6O3.CH3NO2/c1-3(5)7-4(2)6;3-1-2-4/h1-2H3;1,4H,(H,2,3). The zero-order valence-corrected chi connectivity index (χ0v) is 6.16. The summed E-state index contributed by atoms with van der Waals surface area (Å²) in [4.78, 5) is 28.4. The Morgan fingerprint density at radius 3 is 1.64 bits per heavy atom. The van der Waals surface area contributed by atoms with Crippen molar-refractivity contribution in [2.75, 3.05) is 0 Å².